The molecule has 1 heterocycles. The fourth-order valence-corrected chi connectivity index (χ4v) is 3.14. The van der Waals surface area contributed by atoms with E-state index in [4.69, 9.17) is 0 Å². The SMILES string of the molecule is CCCn1ccc(CNc2cccc3c2CCCC3)c1. The minimum absolute atomic E-state index is 0.924. The van der Waals surface area contributed by atoms with Crippen LogP contribution in [0.4, 0.5) is 5.69 Å². The van der Waals surface area contributed by atoms with Crippen LogP contribution in [0.3, 0.4) is 0 Å². The van der Waals surface area contributed by atoms with Gasteiger partial charge in [0.15, 0.2) is 0 Å². The van der Waals surface area contributed by atoms with E-state index in [0.29, 0.717) is 0 Å². The molecule has 1 aliphatic rings. The normalized spacial score (nSPS) is 14.1. The summed E-state index contributed by atoms with van der Waals surface area (Å²) in [6, 6.07) is 8.93. The van der Waals surface area contributed by atoms with E-state index in [2.05, 4.69) is 53.5 Å². The first kappa shape index (κ1) is 13.3. The van der Waals surface area contributed by atoms with E-state index in [1.165, 1.54) is 43.4 Å². The van der Waals surface area contributed by atoms with Crippen LogP contribution in [0.5, 0.6) is 0 Å². The van der Waals surface area contributed by atoms with Gasteiger partial charge in [-0.05, 0) is 60.9 Å². The molecule has 2 aromatic rings. The first-order chi connectivity index (χ1) is 9.86. The van der Waals surface area contributed by atoms with E-state index < -0.39 is 0 Å². The Hall–Kier alpha value is -1.70. The number of rotatable bonds is 5. The van der Waals surface area contributed by atoms with E-state index in [1.54, 1.807) is 11.1 Å². The minimum atomic E-state index is 0.924. The molecule has 1 aromatic carbocycles. The van der Waals surface area contributed by atoms with Gasteiger partial charge >= 0.3 is 0 Å². The Kier molecular flexibility index (Phi) is 4.10. The summed E-state index contributed by atoms with van der Waals surface area (Å²) < 4.78 is 2.28. The van der Waals surface area contributed by atoms with Gasteiger partial charge in [0.1, 0.15) is 0 Å². The molecule has 0 bridgehead atoms. The van der Waals surface area contributed by atoms with Crippen LogP contribution >= 0.6 is 0 Å². The van der Waals surface area contributed by atoms with Gasteiger partial charge in [-0.1, -0.05) is 19.1 Å². The lowest BCUT2D eigenvalue weighted by atomic mass is 9.90. The molecule has 20 heavy (non-hydrogen) atoms. The van der Waals surface area contributed by atoms with Gasteiger partial charge in [0.25, 0.3) is 0 Å². The number of nitrogens with zero attached hydrogens (tertiary/aromatic N) is 1. The van der Waals surface area contributed by atoms with Gasteiger partial charge in [0.05, 0.1) is 0 Å². The Bertz CT molecular complexity index is 569. The highest BCUT2D eigenvalue weighted by molar-refractivity contribution is 5.55. The molecule has 106 valence electrons. The standard InChI is InChI=1S/C18H24N2/c1-2-11-20-12-10-15(14-20)13-19-18-9-5-7-16-6-3-4-8-17(16)18/h5,7,9-10,12,14,19H,2-4,6,8,11,13H2,1H3. The van der Waals surface area contributed by atoms with Crippen LogP contribution in [0.25, 0.3) is 0 Å². The predicted molar refractivity (Wildman–Crippen MR) is 85.1 cm³/mol. The predicted octanol–water partition coefficient (Wildman–Crippen LogP) is 4.39. The molecule has 2 nitrogen and oxygen atoms in total. The van der Waals surface area contributed by atoms with Crippen molar-refractivity contribution in [3.05, 3.63) is 53.3 Å². The molecule has 0 fully saturated rings. The zero-order chi connectivity index (χ0) is 13.8. The number of aromatic nitrogens is 1. The molecule has 3 rings (SSSR count). The van der Waals surface area contributed by atoms with E-state index in [-0.39, 0.29) is 0 Å². The molecular formula is C18H24N2. The lowest BCUT2D eigenvalue weighted by Crippen LogP contribution is -2.08. The Morgan fingerprint density at radius 1 is 1.15 bits per heavy atom. The smallest absolute Gasteiger partial charge is 0.0415 e. The van der Waals surface area contributed by atoms with Crippen molar-refractivity contribution in [2.45, 2.75) is 52.1 Å². The first-order valence-corrected chi connectivity index (χ1v) is 7.86. The van der Waals surface area contributed by atoms with E-state index in [0.717, 1.165) is 13.1 Å². The number of aryl methyl sites for hydroxylation is 2. The second kappa shape index (κ2) is 6.17. The van der Waals surface area contributed by atoms with Crippen molar-refractivity contribution in [2.75, 3.05) is 5.32 Å². The van der Waals surface area contributed by atoms with Gasteiger partial charge in [-0.15, -0.1) is 0 Å². The van der Waals surface area contributed by atoms with Crippen LogP contribution in [0, 0.1) is 0 Å². The number of benzene rings is 1. The number of hydrogen-bond acceptors (Lipinski definition) is 1. The summed E-state index contributed by atoms with van der Waals surface area (Å²) in [6.45, 7) is 4.25. The quantitative estimate of drug-likeness (QED) is 0.851. The third-order valence-electron chi connectivity index (χ3n) is 4.17. The Balaban J connectivity index is 1.68. The van der Waals surface area contributed by atoms with Crippen LogP contribution in [-0.4, -0.2) is 4.57 Å². The van der Waals surface area contributed by atoms with Gasteiger partial charge in [0.2, 0.25) is 0 Å². The zero-order valence-corrected chi connectivity index (χ0v) is 12.4. The molecule has 1 aliphatic carbocycles. The number of fused-ring (bicyclic) bond motifs is 1. The summed E-state index contributed by atoms with van der Waals surface area (Å²) in [7, 11) is 0. The highest BCUT2D eigenvalue weighted by atomic mass is 14.9. The van der Waals surface area contributed by atoms with Crippen LogP contribution in [0.2, 0.25) is 0 Å². The molecule has 0 amide bonds. The monoisotopic (exact) mass is 268 g/mol. The Morgan fingerprint density at radius 3 is 2.95 bits per heavy atom. The van der Waals surface area contributed by atoms with E-state index in [9.17, 15) is 0 Å². The molecule has 2 heteroatoms. The molecule has 0 unspecified atom stereocenters. The van der Waals surface area contributed by atoms with Crippen molar-refractivity contribution < 1.29 is 0 Å². The second-order valence-electron chi connectivity index (χ2n) is 5.76. The van der Waals surface area contributed by atoms with Crippen LogP contribution in [-0.2, 0) is 25.9 Å². The lowest BCUT2D eigenvalue weighted by Gasteiger charge is -2.20. The molecule has 0 aliphatic heterocycles. The van der Waals surface area contributed by atoms with Crippen molar-refractivity contribution in [1.29, 1.82) is 0 Å². The van der Waals surface area contributed by atoms with Crippen LogP contribution < -0.4 is 5.32 Å². The average Bonchev–Trinajstić information content (AvgIpc) is 2.93. The summed E-state index contributed by atoms with van der Waals surface area (Å²) in [5.41, 5.74) is 5.80. The van der Waals surface area contributed by atoms with Crippen molar-refractivity contribution >= 4 is 5.69 Å². The van der Waals surface area contributed by atoms with Crippen molar-refractivity contribution in [2.24, 2.45) is 0 Å². The molecule has 0 atom stereocenters. The van der Waals surface area contributed by atoms with Crippen LogP contribution in [0.15, 0.2) is 36.7 Å². The second-order valence-corrected chi connectivity index (χ2v) is 5.76. The fraction of sp³-hybridized carbons (Fsp3) is 0.444. The van der Waals surface area contributed by atoms with Gasteiger partial charge < -0.3 is 9.88 Å². The molecular weight excluding hydrogens is 244 g/mol. The van der Waals surface area contributed by atoms with Crippen LogP contribution in [0.1, 0.15) is 42.9 Å². The highest BCUT2D eigenvalue weighted by Crippen LogP contribution is 2.28. The largest absolute Gasteiger partial charge is 0.381 e. The zero-order valence-electron chi connectivity index (χ0n) is 12.4. The molecule has 0 spiro atoms. The highest BCUT2D eigenvalue weighted by Gasteiger charge is 2.12. The van der Waals surface area contributed by atoms with E-state index >= 15 is 0 Å². The van der Waals surface area contributed by atoms with Gasteiger partial charge in [-0.2, -0.15) is 0 Å². The summed E-state index contributed by atoms with van der Waals surface area (Å²) in [4.78, 5) is 0. The molecule has 1 N–H and O–H groups in total. The molecule has 0 radical (unpaired) electrons. The maximum atomic E-state index is 3.63. The van der Waals surface area contributed by atoms with Gasteiger partial charge in [-0.3, -0.25) is 0 Å². The number of anilines is 1. The number of nitrogens with one attached hydrogen (secondary N) is 1. The van der Waals surface area contributed by atoms with Crippen molar-refractivity contribution in [1.82, 2.24) is 4.57 Å². The Morgan fingerprint density at radius 2 is 2.05 bits per heavy atom. The summed E-state index contributed by atoms with van der Waals surface area (Å²) >= 11 is 0. The third kappa shape index (κ3) is 2.90. The summed E-state index contributed by atoms with van der Waals surface area (Å²) in [5.74, 6) is 0. The summed E-state index contributed by atoms with van der Waals surface area (Å²) in [6.07, 6.45) is 10.8. The van der Waals surface area contributed by atoms with Crippen molar-refractivity contribution in [3.63, 3.8) is 0 Å². The Labute approximate surface area is 121 Å². The topological polar surface area (TPSA) is 17.0 Å². The first-order valence-electron chi connectivity index (χ1n) is 7.86. The summed E-state index contributed by atoms with van der Waals surface area (Å²) in [5, 5.41) is 3.63. The number of hydrogen-bond donors (Lipinski definition) is 1. The maximum absolute atomic E-state index is 3.63. The van der Waals surface area contributed by atoms with E-state index in [1.807, 2.05) is 0 Å². The molecule has 0 saturated heterocycles. The fourth-order valence-electron chi connectivity index (χ4n) is 3.14. The van der Waals surface area contributed by atoms with Gasteiger partial charge in [-0.25, -0.2) is 0 Å². The minimum Gasteiger partial charge on any atom is -0.381 e. The van der Waals surface area contributed by atoms with Crippen molar-refractivity contribution in [3.8, 4) is 0 Å². The molecule has 0 saturated carbocycles. The average molecular weight is 268 g/mol. The van der Waals surface area contributed by atoms with Gasteiger partial charge in [0, 0.05) is 31.2 Å². The maximum Gasteiger partial charge on any atom is 0.0415 e. The lowest BCUT2D eigenvalue weighted by molar-refractivity contribution is 0.681. The third-order valence-corrected chi connectivity index (χ3v) is 4.17. The molecule has 1 aromatic heterocycles.